The fraction of sp³-hybridized carbons (Fsp3) is 0.333. The molecule has 0 aromatic heterocycles. The van der Waals surface area contributed by atoms with Crippen molar-refractivity contribution in [1.29, 1.82) is 0 Å². The largest absolute Gasteiger partial charge is 0.497 e. The first-order valence-corrected chi connectivity index (χ1v) is 10.4. The number of carbonyl (C=O) groups excluding carboxylic acids is 4. The molecule has 0 radical (unpaired) electrons. The number of amides is 2. The average Bonchev–Trinajstić information content (AvgIpc) is 3.41. The first-order valence-electron chi connectivity index (χ1n) is 10.4. The third-order valence-electron chi connectivity index (χ3n) is 5.64. The molecule has 2 aliphatic rings. The number of hydrogen-bond donors (Lipinski definition) is 0. The number of fused-ring (bicyclic) bond motifs is 1. The molecule has 4 rings (SSSR count). The number of ketones is 1. The van der Waals surface area contributed by atoms with Crippen LogP contribution in [-0.4, -0.2) is 60.9 Å². The van der Waals surface area contributed by atoms with E-state index in [-0.39, 0.29) is 35.1 Å². The second kappa shape index (κ2) is 8.92. The van der Waals surface area contributed by atoms with Crippen LogP contribution in [0.1, 0.15) is 61.2 Å². The number of hydrogen-bond acceptors (Lipinski definition) is 7. The Morgan fingerprint density at radius 1 is 1.06 bits per heavy atom. The Morgan fingerprint density at radius 3 is 2.41 bits per heavy atom. The van der Waals surface area contributed by atoms with Gasteiger partial charge in [0.05, 0.1) is 36.4 Å². The molecule has 0 bridgehead atoms. The summed E-state index contributed by atoms with van der Waals surface area (Å²) in [5.74, 6) is -1.37. The van der Waals surface area contributed by atoms with Gasteiger partial charge in [0.1, 0.15) is 5.75 Å². The van der Waals surface area contributed by atoms with Crippen LogP contribution < -0.4 is 4.74 Å². The monoisotopic (exact) mass is 437 g/mol. The number of methoxy groups -OCH3 is 1. The van der Waals surface area contributed by atoms with E-state index in [0.29, 0.717) is 17.9 Å². The molecule has 2 atom stereocenters. The smallest absolute Gasteiger partial charge is 0.338 e. The van der Waals surface area contributed by atoms with E-state index in [4.69, 9.17) is 14.2 Å². The molecule has 32 heavy (non-hydrogen) atoms. The summed E-state index contributed by atoms with van der Waals surface area (Å²) in [5, 5.41) is 0. The fourth-order valence-electron chi connectivity index (χ4n) is 3.85. The standard InChI is InChI=1S/C24H23NO7/c1-14(21(26)15-5-8-17(30-2)9-6-15)32-24(29)16-7-10-19-20(12-16)23(28)25(22(19)27)13-18-4-3-11-31-18/h5-10,12,14,18H,3-4,11,13H2,1-2H3/t14-,18+/m0/s1. The molecule has 8 nitrogen and oxygen atoms in total. The van der Waals surface area contributed by atoms with Gasteiger partial charge in [-0.2, -0.15) is 0 Å². The van der Waals surface area contributed by atoms with E-state index in [0.717, 1.165) is 17.7 Å². The third-order valence-corrected chi connectivity index (χ3v) is 5.64. The van der Waals surface area contributed by atoms with Gasteiger partial charge in [0.25, 0.3) is 11.8 Å². The molecular formula is C24H23NO7. The van der Waals surface area contributed by atoms with Gasteiger partial charge in [-0.25, -0.2) is 4.79 Å². The molecule has 8 heteroatoms. The van der Waals surface area contributed by atoms with Crippen molar-refractivity contribution in [3.05, 3.63) is 64.7 Å². The Morgan fingerprint density at radius 2 is 1.75 bits per heavy atom. The van der Waals surface area contributed by atoms with Gasteiger partial charge in [-0.15, -0.1) is 0 Å². The minimum absolute atomic E-state index is 0.0956. The van der Waals surface area contributed by atoms with Crippen LogP contribution in [0.3, 0.4) is 0 Å². The summed E-state index contributed by atoms with van der Waals surface area (Å²) in [6.45, 7) is 2.30. The van der Waals surface area contributed by atoms with Crippen molar-refractivity contribution in [2.24, 2.45) is 0 Å². The van der Waals surface area contributed by atoms with E-state index < -0.39 is 23.9 Å². The molecule has 166 valence electrons. The lowest BCUT2D eigenvalue weighted by Crippen LogP contribution is -2.36. The molecule has 0 saturated carbocycles. The lowest BCUT2D eigenvalue weighted by molar-refractivity contribution is 0.0318. The summed E-state index contributed by atoms with van der Waals surface area (Å²) < 4.78 is 15.9. The van der Waals surface area contributed by atoms with Crippen LogP contribution in [0.25, 0.3) is 0 Å². The predicted octanol–water partition coefficient (Wildman–Crippen LogP) is 2.90. The maximum Gasteiger partial charge on any atom is 0.338 e. The SMILES string of the molecule is COc1ccc(C(=O)[C@H](C)OC(=O)c2ccc3c(c2)C(=O)N(C[C@H]2CCCO2)C3=O)cc1. The molecule has 2 aromatic rings. The maximum absolute atomic E-state index is 12.8. The van der Waals surface area contributed by atoms with Gasteiger partial charge in [0.15, 0.2) is 6.10 Å². The van der Waals surface area contributed by atoms with Gasteiger partial charge in [-0.05, 0) is 62.2 Å². The zero-order chi connectivity index (χ0) is 22.8. The van der Waals surface area contributed by atoms with Crippen molar-refractivity contribution in [3.63, 3.8) is 0 Å². The first kappa shape index (κ1) is 21.7. The summed E-state index contributed by atoms with van der Waals surface area (Å²) in [6.07, 6.45) is 0.506. The zero-order valence-corrected chi connectivity index (χ0v) is 17.8. The minimum atomic E-state index is -1.03. The number of ether oxygens (including phenoxy) is 3. The number of esters is 1. The van der Waals surface area contributed by atoms with Gasteiger partial charge >= 0.3 is 5.97 Å². The van der Waals surface area contributed by atoms with Crippen LogP contribution >= 0.6 is 0 Å². The van der Waals surface area contributed by atoms with E-state index >= 15 is 0 Å². The Hall–Kier alpha value is -3.52. The number of carbonyl (C=O) groups is 4. The van der Waals surface area contributed by atoms with Crippen molar-refractivity contribution >= 4 is 23.6 Å². The lowest BCUT2D eigenvalue weighted by atomic mass is 10.1. The highest BCUT2D eigenvalue weighted by Gasteiger charge is 2.38. The van der Waals surface area contributed by atoms with Gasteiger partial charge in [-0.3, -0.25) is 19.3 Å². The third kappa shape index (κ3) is 4.13. The number of benzene rings is 2. The summed E-state index contributed by atoms with van der Waals surface area (Å²) in [6, 6.07) is 10.7. The van der Waals surface area contributed by atoms with Crippen molar-refractivity contribution < 1.29 is 33.4 Å². The zero-order valence-electron chi connectivity index (χ0n) is 17.8. The second-order valence-electron chi connectivity index (χ2n) is 7.76. The van der Waals surface area contributed by atoms with E-state index in [1.807, 2.05) is 0 Å². The van der Waals surface area contributed by atoms with Crippen LogP contribution in [0, 0.1) is 0 Å². The highest BCUT2D eigenvalue weighted by atomic mass is 16.5. The van der Waals surface area contributed by atoms with Gasteiger partial charge in [-0.1, -0.05) is 0 Å². The quantitative estimate of drug-likeness (QED) is 0.373. The molecule has 0 spiro atoms. The van der Waals surface area contributed by atoms with Crippen LogP contribution in [0.5, 0.6) is 5.75 Å². The molecular weight excluding hydrogens is 414 g/mol. The molecule has 2 aliphatic heterocycles. The van der Waals surface area contributed by atoms with Crippen molar-refractivity contribution in [1.82, 2.24) is 4.90 Å². The van der Waals surface area contributed by atoms with E-state index in [1.54, 1.807) is 24.3 Å². The molecule has 2 heterocycles. The molecule has 2 aromatic carbocycles. The van der Waals surface area contributed by atoms with Crippen LogP contribution in [-0.2, 0) is 9.47 Å². The Balaban J connectivity index is 1.45. The number of rotatable bonds is 7. The van der Waals surface area contributed by atoms with E-state index in [1.165, 1.54) is 32.2 Å². The molecule has 1 fully saturated rings. The summed E-state index contributed by atoms with van der Waals surface area (Å²) in [4.78, 5) is 51.7. The molecule has 1 saturated heterocycles. The fourth-order valence-corrected chi connectivity index (χ4v) is 3.85. The highest BCUT2D eigenvalue weighted by molar-refractivity contribution is 6.22. The number of imide groups is 1. The van der Waals surface area contributed by atoms with E-state index in [2.05, 4.69) is 0 Å². The van der Waals surface area contributed by atoms with Crippen molar-refractivity contribution in [3.8, 4) is 5.75 Å². The van der Waals surface area contributed by atoms with Gasteiger partial charge < -0.3 is 14.2 Å². The topological polar surface area (TPSA) is 99.2 Å². The Labute approximate surface area is 185 Å². The molecule has 2 amide bonds. The van der Waals surface area contributed by atoms with E-state index in [9.17, 15) is 19.2 Å². The van der Waals surface area contributed by atoms with Crippen LogP contribution in [0.2, 0.25) is 0 Å². The van der Waals surface area contributed by atoms with Crippen molar-refractivity contribution in [2.45, 2.75) is 32.0 Å². The predicted molar refractivity (Wildman–Crippen MR) is 113 cm³/mol. The summed E-state index contributed by atoms with van der Waals surface area (Å²) >= 11 is 0. The Bertz CT molecular complexity index is 1070. The molecule has 0 N–H and O–H groups in total. The van der Waals surface area contributed by atoms with Crippen molar-refractivity contribution in [2.75, 3.05) is 20.3 Å². The van der Waals surface area contributed by atoms with Gasteiger partial charge in [0.2, 0.25) is 5.78 Å². The first-order chi connectivity index (χ1) is 15.4. The van der Waals surface area contributed by atoms with Crippen LogP contribution in [0.15, 0.2) is 42.5 Å². The Kier molecular flexibility index (Phi) is 6.05. The van der Waals surface area contributed by atoms with Crippen LogP contribution in [0.4, 0.5) is 0 Å². The average molecular weight is 437 g/mol. The van der Waals surface area contributed by atoms with Gasteiger partial charge in [0, 0.05) is 12.2 Å². The summed E-state index contributed by atoms with van der Waals surface area (Å²) in [7, 11) is 1.53. The minimum Gasteiger partial charge on any atom is -0.497 e. The highest BCUT2D eigenvalue weighted by Crippen LogP contribution is 2.26. The second-order valence-corrected chi connectivity index (χ2v) is 7.76. The summed E-state index contributed by atoms with van der Waals surface area (Å²) in [5.41, 5.74) is 0.868. The number of nitrogens with zero attached hydrogens (tertiary/aromatic N) is 1. The lowest BCUT2D eigenvalue weighted by Gasteiger charge is -2.17. The number of Topliss-reactive ketones (excluding diaryl/α,β-unsaturated/α-hetero) is 1. The maximum atomic E-state index is 12.8. The molecule has 0 unspecified atom stereocenters. The molecule has 0 aliphatic carbocycles. The normalized spacial score (nSPS) is 18.4.